The lowest BCUT2D eigenvalue weighted by Crippen LogP contribution is -2.38. The number of guanidine groups is 1. The molecule has 0 fully saturated rings. The highest BCUT2D eigenvalue weighted by Crippen LogP contribution is 2.19. The number of ether oxygens (including phenoxy) is 1. The Morgan fingerprint density at radius 2 is 2.08 bits per heavy atom. The third kappa shape index (κ3) is 6.38. The normalized spacial score (nSPS) is 11.5. The van der Waals surface area contributed by atoms with E-state index in [0.717, 1.165) is 44.1 Å². The third-order valence-electron chi connectivity index (χ3n) is 3.86. The number of aliphatic imine (C=N–C) groups is 1. The van der Waals surface area contributed by atoms with E-state index in [1.165, 1.54) is 11.1 Å². The predicted octanol–water partition coefficient (Wildman–Crippen LogP) is 2.43. The van der Waals surface area contributed by atoms with E-state index in [1.54, 1.807) is 7.11 Å². The van der Waals surface area contributed by atoms with Crippen molar-refractivity contribution >= 4 is 5.96 Å². The monoisotopic (exact) mass is 359 g/mol. The van der Waals surface area contributed by atoms with Crippen LogP contribution in [-0.4, -0.2) is 42.8 Å². The van der Waals surface area contributed by atoms with Gasteiger partial charge in [-0.25, -0.2) is 0 Å². The number of hydrogen-bond acceptors (Lipinski definition) is 5. The average molecular weight is 359 g/mol. The van der Waals surface area contributed by atoms with Gasteiger partial charge in [0.15, 0.2) is 11.8 Å². The van der Waals surface area contributed by atoms with Crippen LogP contribution in [0.4, 0.5) is 0 Å². The van der Waals surface area contributed by atoms with Crippen LogP contribution in [0.1, 0.15) is 36.2 Å². The summed E-state index contributed by atoms with van der Waals surface area (Å²) < 4.78 is 10.5. The molecule has 0 atom stereocenters. The first kappa shape index (κ1) is 19.8. The molecule has 0 amide bonds. The minimum atomic E-state index is 0.669. The summed E-state index contributed by atoms with van der Waals surface area (Å²) in [5.74, 6) is 3.09. The zero-order valence-electron chi connectivity index (χ0n) is 16.1. The van der Waals surface area contributed by atoms with Crippen molar-refractivity contribution in [2.75, 3.05) is 26.7 Å². The average Bonchev–Trinajstić information content (AvgIpc) is 3.04. The van der Waals surface area contributed by atoms with Crippen LogP contribution in [-0.2, 0) is 12.8 Å². The Morgan fingerprint density at radius 3 is 2.77 bits per heavy atom. The van der Waals surface area contributed by atoms with Gasteiger partial charge in [-0.1, -0.05) is 22.9 Å². The fourth-order valence-electron chi connectivity index (χ4n) is 2.62. The van der Waals surface area contributed by atoms with Gasteiger partial charge in [0.2, 0.25) is 5.89 Å². The molecule has 142 valence electrons. The number of aromatic nitrogens is 2. The molecule has 0 saturated carbocycles. The van der Waals surface area contributed by atoms with Crippen molar-refractivity contribution < 1.29 is 9.26 Å². The molecule has 0 unspecified atom stereocenters. The van der Waals surface area contributed by atoms with E-state index in [2.05, 4.69) is 51.7 Å². The van der Waals surface area contributed by atoms with Crippen molar-refractivity contribution in [1.82, 2.24) is 20.8 Å². The van der Waals surface area contributed by atoms with Gasteiger partial charge < -0.3 is 19.9 Å². The highest BCUT2D eigenvalue weighted by molar-refractivity contribution is 5.79. The van der Waals surface area contributed by atoms with E-state index < -0.39 is 0 Å². The second-order valence-corrected chi connectivity index (χ2v) is 6.09. The molecule has 1 heterocycles. The second-order valence-electron chi connectivity index (χ2n) is 6.09. The number of nitrogens with zero attached hydrogens (tertiary/aromatic N) is 3. The van der Waals surface area contributed by atoms with Gasteiger partial charge in [-0.3, -0.25) is 4.99 Å². The summed E-state index contributed by atoms with van der Waals surface area (Å²) in [7, 11) is 1.71. The third-order valence-corrected chi connectivity index (χ3v) is 3.86. The molecule has 1 aromatic carbocycles. The van der Waals surface area contributed by atoms with Gasteiger partial charge in [0, 0.05) is 26.1 Å². The molecule has 0 bridgehead atoms. The first-order valence-electron chi connectivity index (χ1n) is 9.07. The van der Waals surface area contributed by atoms with Crippen molar-refractivity contribution in [3.8, 4) is 5.75 Å². The molecule has 0 aliphatic heterocycles. The highest BCUT2D eigenvalue weighted by atomic mass is 16.5. The molecule has 7 nitrogen and oxygen atoms in total. The lowest BCUT2D eigenvalue weighted by Gasteiger charge is -2.13. The molecule has 2 N–H and O–H groups in total. The Morgan fingerprint density at radius 1 is 1.23 bits per heavy atom. The summed E-state index contributed by atoms with van der Waals surface area (Å²) >= 11 is 0. The fraction of sp³-hybridized carbons (Fsp3) is 0.526. The Kier molecular flexibility index (Phi) is 7.92. The molecule has 0 aliphatic carbocycles. The summed E-state index contributed by atoms with van der Waals surface area (Å²) in [6, 6.07) is 6.24. The van der Waals surface area contributed by atoms with E-state index in [0.29, 0.717) is 18.3 Å². The van der Waals surface area contributed by atoms with Crippen LogP contribution >= 0.6 is 0 Å². The van der Waals surface area contributed by atoms with E-state index in [9.17, 15) is 0 Å². The summed E-state index contributed by atoms with van der Waals surface area (Å²) in [6.45, 7) is 8.28. The maximum absolute atomic E-state index is 5.44. The van der Waals surface area contributed by atoms with Crippen LogP contribution in [0.3, 0.4) is 0 Å². The minimum Gasteiger partial charge on any atom is -0.496 e. The molecule has 7 heteroatoms. The first-order chi connectivity index (χ1) is 12.6. The zero-order valence-corrected chi connectivity index (χ0v) is 16.1. The van der Waals surface area contributed by atoms with E-state index >= 15 is 0 Å². The molecule has 0 aliphatic rings. The Balaban J connectivity index is 1.80. The van der Waals surface area contributed by atoms with Gasteiger partial charge >= 0.3 is 0 Å². The van der Waals surface area contributed by atoms with Crippen LogP contribution in [0, 0.1) is 13.8 Å². The first-order valence-corrected chi connectivity index (χ1v) is 9.07. The minimum absolute atomic E-state index is 0.669. The smallest absolute Gasteiger partial charge is 0.226 e. The van der Waals surface area contributed by atoms with E-state index in [1.807, 2.05) is 13.0 Å². The van der Waals surface area contributed by atoms with Crippen molar-refractivity contribution in [2.45, 2.75) is 40.0 Å². The Hall–Kier alpha value is -2.57. The molecule has 26 heavy (non-hydrogen) atoms. The number of benzene rings is 1. The summed E-state index contributed by atoms with van der Waals surface area (Å²) in [6.07, 6.45) is 2.48. The van der Waals surface area contributed by atoms with Crippen molar-refractivity contribution in [1.29, 1.82) is 0 Å². The number of methoxy groups -OCH3 is 1. The van der Waals surface area contributed by atoms with Gasteiger partial charge in [0.05, 0.1) is 7.11 Å². The van der Waals surface area contributed by atoms with Gasteiger partial charge in [-0.05, 0) is 45.2 Å². The van der Waals surface area contributed by atoms with Crippen LogP contribution in [0.5, 0.6) is 5.75 Å². The molecular weight excluding hydrogens is 330 g/mol. The van der Waals surface area contributed by atoms with E-state index in [4.69, 9.17) is 9.26 Å². The van der Waals surface area contributed by atoms with Gasteiger partial charge in [-0.15, -0.1) is 0 Å². The maximum atomic E-state index is 5.44. The summed E-state index contributed by atoms with van der Waals surface area (Å²) in [5, 5.41) is 10.4. The topological polar surface area (TPSA) is 84.6 Å². The lowest BCUT2D eigenvalue weighted by atomic mass is 10.1. The predicted molar refractivity (Wildman–Crippen MR) is 103 cm³/mol. The lowest BCUT2D eigenvalue weighted by molar-refractivity contribution is 0.372. The standard InChI is InChI=1S/C19H29N5O2/c1-5-20-19(21-11-6-7-18-23-15(3)24-26-18)22-12-10-16-13-14(2)8-9-17(16)25-4/h8-9,13H,5-7,10-12H2,1-4H3,(H2,20,21,22). The number of hydrogen-bond donors (Lipinski definition) is 2. The second kappa shape index (κ2) is 10.4. The van der Waals surface area contributed by atoms with Crippen molar-refractivity contribution in [3.05, 3.63) is 41.0 Å². The van der Waals surface area contributed by atoms with Crippen molar-refractivity contribution in [2.24, 2.45) is 4.99 Å². The molecule has 0 spiro atoms. The fourth-order valence-corrected chi connectivity index (χ4v) is 2.62. The van der Waals surface area contributed by atoms with Crippen LogP contribution in [0.2, 0.25) is 0 Å². The van der Waals surface area contributed by atoms with Crippen molar-refractivity contribution in [3.63, 3.8) is 0 Å². The number of aryl methyl sites for hydroxylation is 3. The quantitative estimate of drug-likeness (QED) is 0.406. The molecule has 1 aromatic heterocycles. The number of nitrogens with one attached hydrogen (secondary N) is 2. The Labute approximate surface area is 155 Å². The highest BCUT2D eigenvalue weighted by Gasteiger charge is 2.05. The molecule has 2 aromatic rings. The van der Waals surface area contributed by atoms with Gasteiger partial charge in [0.1, 0.15) is 5.75 Å². The molecular formula is C19H29N5O2. The van der Waals surface area contributed by atoms with Crippen LogP contribution in [0.25, 0.3) is 0 Å². The maximum Gasteiger partial charge on any atom is 0.226 e. The van der Waals surface area contributed by atoms with Gasteiger partial charge in [-0.2, -0.15) is 4.98 Å². The zero-order chi connectivity index (χ0) is 18.8. The van der Waals surface area contributed by atoms with Crippen LogP contribution < -0.4 is 15.4 Å². The number of rotatable bonds is 9. The molecule has 2 rings (SSSR count). The SMILES string of the molecule is CCNC(=NCCCc1nc(C)no1)NCCc1cc(C)ccc1OC. The molecule has 0 radical (unpaired) electrons. The summed E-state index contributed by atoms with van der Waals surface area (Å²) in [5.41, 5.74) is 2.43. The van der Waals surface area contributed by atoms with Crippen LogP contribution in [0.15, 0.2) is 27.7 Å². The van der Waals surface area contributed by atoms with Gasteiger partial charge in [0.25, 0.3) is 0 Å². The molecule has 0 saturated heterocycles. The Bertz CT molecular complexity index is 712. The van der Waals surface area contributed by atoms with E-state index in [-0.39, 0.29) is 0 Å². The largest absolute Gasteiger partial charge is 0.496 e. The summed E-state index contributed by atoms with van der Waals surface area (Å²) in [4.78, 5) is 8.80.